The molecule has 5 nitrogen and oxygen atoms in total. The molecule has 2 aromatic heterocycles. The summed E-state index contributed by atoms with van der Waals surface area (Å²) < 4.78 is 28.3. The Morgan fingerprint density at radius 2 is 1.90 bits per heavy atom. The van der Waals surface area contributed by atoms with Crippen molar-refractivity contribution in [3.8, 4) is 11.1 Å². The van der Waals surface area contributed by atoms with Crippen LogP contribution in [0, 0.1) is 0 Å². The highest BCUT2D eigenvalue weighted by molar-refractivity contribution is 5.91. The lowest BCUT2D eigenvalue weighted by Crippen LogP contribution is -2.24. The average molecular weight is 399 g/mol. The molecule has 0 radical (unpaired) electrons. The van der Waals surface area contributed by atoms with Gasteiger partial charge in [-0.15, -0.1) is 0 Å². The fourth-order valence-corrected chi connectivity index (χ4v) is 3.06. The van der Waals surface area contributed by atoms with Crippen LogP contribution in [0.15, 0.2) is 53.6 Å². The van der Waals surface area contributed by atoms with Gasteiger partial charge in [0.15, 0.2) is 0 Å². The summed E-state index contributed by atoms with van der Waals surface area (Å²) in [4.78, 5) is 28.5. The number of carbonyl (C=O) groups is 1. The zero-order chi connectivity index (χ0) is 21.0. The molecule has 1 N–H and O–H groups in total. The summed E-state index contributed by atoms with van der Waals surface area (Å²) in [6.07, 6.45) is 2.94. The number of alkyl halides is 2. The second-order valence-corrected chi connectivity index (χ2v) is 6.98. The number of aryl methyl sites for hydroxylation is 1. The molecule has 29 heavy (non-hydrogen) atoms. The molecule has 0 aliphatic heterocycles. The van der Waals surface area contributed by atoms with E-state index in [4.69, 9.17) is 0 Å². The molecule has 0 atom stereocenters. The van der Waals surface area contributed by atoms with Crippen molar-refractivity contribution in [3.05, 3.63) is 59.1 Å². The van der Waals surface area contributed by atoms with Gasteiger partial charge in [-0.25, -0.2) is 13.8 Å². The van der Waals surface area contributed by atoms with Crippen LogP contribution in [-0.2, 0) is 11.3 Å². The zero-order valence-corrected chi connectivity index (χ0v) is 16.4. The van der Waals surface area contributed by atoms with Crippen molar-refractivity contribution in [2.75, 3.05) is 5.32 Å². The fraction of sp³-hybridized carbons (Fsp3) is 0.318. The van der Waals surface area contributed by atoms with Crippen LogP contribution >= 0.6 is 0 Å². The molecule has 7 heteroatoms. The summed E-state index contributed by atoms with van der Waals surface area (Å²) in [5.74, 6) is -3.60. The van der Waals surface area contributed by atoms with E-state index < -0.39 is 24.7 Å². The Hall–Kier alpha value is -3.09. The van der Waals surface area contributed by atoms with Gasteiger partial charge in [-0.05, 0) is 41.6 Å². The topological polar surface area (TPSA) is 64.0 Å². The minimum atomic E-state index is -3.03. The van der Waals surface area contributed by atoms with E-state index in [1.807, 2.05) is 31.2 Å². The molecule has 0 fully saturated rings. The van der Waals surface area contributed by atoms with Gasteiger partial charge in [0.05, 0.1) is 6.42 Å². The highest BCUT2D eigenvalue weighted by Gasteiger charge is 2.29. The Bertz CT molecular complexity index is 1080. The quantitative estimate of drug-likeness (QED) is 0.618. The van der Waals surface area contributed by atoms with Gasteiger partial charge in [0.1, 0.15) is 5.82 Å². The second kappa shape index (κ2) is 8.51. The van der Waals surface area contributed by atoms with Gasteiger partial charge in [-0.3, -0.25) is 9.59 Å². The summed E-state index contributed by atoms with van der Waals surface area (Å²) in [5, 5.41) is 3.87. The Labute approximate surface area is 167 Å². The van der Waals surface area contributed by atoms with E-state index >= 15 is 0 Å². The number of nitrogens with one attached hydrogen (secondary N) is 1. The third-order valence-electron chi connectivity index (χ3n) is 4.74. The molecule has 0 saturated heterocycles. The number of aromatic nitrogens is 2. The number of hydrogen-bond donors (Lipinski definition) is 1. The number of nitrogens with zero attached hydrogens (tertiary/aromatic N) is 2. The van der Waals surface area contributed by atoms with Crippen molar-refractivity contribution in [3.63, 3.8) is 0 Å². The Balaban J connectivity index is 1.82. The Morgan fingerprint density at radius 1 is 1.14 bits per heavy atom. The van der Waals surface area contributed by atoms with Crippen LogP contribution in [0.4, 0.5) is 14.6 Å². The number of rotatable bonds is 7. The van der Waals surface area contributed by atoms with Crippen LogP contribution in [0.5, 0.6) is 0 Å². The van der Waals surface area contributed by atoms with Gasteiger partial charge < -0.3 is 9.88 Å². The molecule has 0 unspecified atom stereocenters. The normalized spacial score (nSPS) is 11.6. The monoisotopic (exact) mass is 399 g/mol. The SMILES string of the molecule is CCCn1ccc2ccc(-c3ccc(NC(=O)CC(F)(F)CC)nc3)cc2c1=O. The van der Waals surface area contributed by atoms with Crippen molar-refractivity contribution >= 4 is 22.5 Å². The number of fused-ring (bicyclic) bond motifs is 1. The van der Waals surface area contributed by atoms with Crippen LogP contribution in [0.25, 0.3) is 21.9 Å². The molecule has 0 saturated carbocycles. The number of carbonyl (C=O) groups excluding carboxylic acids is 1. The van der Waals surface area contributed by atoms with Gasteiger partial charge in [-0.2, -0.15) is 0 Å². The third-order valence-corrected chi connectivity index (χ3v) is 4.74. The van der Waals surface area contributed by atoms with Crippen LogP contribution < -0.4 is 10.9 Å². The highest BCUT2D eigenvalue weighted by Crippen LogP contribution is 2.25. The lowest BCUT2D eigenvalue weighted by Gasteiger charge is -2.13. The van der Waals surface area contributed by atoms with Gasteiger partial charge in [0.25, 0.3) is 11.5 Å². The molecule has 1 aromatic carbocycles. The van der Waals surface area contributed by atoms with Gasteiger partial charge in [0, 0.05) is 36.3 Å². The highest BCUT2D eigenvalue weighted by atomic mass is 19.3. The standard InChI is InChI=1S/C22H23F2N3O2/c1-3-10-27-11-9-15-5-6-16(12-18(15)21(27)29)17-7-8-19(25-14-17)26-20(28)13-22(23,24)4-2/h5-9,11-12,14H,3-4,10,13H2,1-2H3,(H,25,26,28). The predicted molar refractivity (Wildman–Crippen MR) is 110 cm³/mol. The summed E-state index contributed by atoms with van der Waals surface area (Å²) >= 11 is 0. The molecule has 3 aromatic rings. The number of amides is 1. The smallest absolute Gasteiger partial charge is 0.258 e. The number of anilines is 1. The minimum Gasteiger partial charge on any atom is -0.315 e. The molecule has 0 spiro atoms. The van der Waals surface area contributed by atoms with Crippen molar-refractivity contribution in [2.45, 2.75) is 45.6 Å². The van der Waals surface area contributed by atoms with E-state index in [1.165, 1.54) is 6.92 Å². The summed E-state index contributed by atoms with van der Waals surface area (Å²) in [6, 6.07) is 10.8. The summed E-state index contributed by atoms with van der Waals surface area (Å²) in [6.45, 7) is 4.01. The van der Waals surface area contributed by atoms with Crippen molar-refractivity contribution in [2.24, 2.45) is 0 Å². The average Bonchev–Trinajstić information content (AvgIpc) is 2.70. The Kier molecular flexibility index (Phi) is 6.06. The molecular weight excluding hydrogens is 376 g/mol. The maximum atomic E-state index is 13.3. The number of benzene rings is 1. The van der Waals surface area contributed by atoms with E-state index in [0.717, 1.165) is 22.9 Å². The van der Waals surface area contributed by atoms with Crippen LogP contribution in [-0.4, -0.2) is 21.4 Å². The van der Waals surface area contributed by atoms with E-state index in [9.17, 15) is 18.4 Å². The number of pyridine rings is 2. The number of hydrogen-bond acceptors (Lipinski definition) is 3. The number of halogens is 2. The lowest BCUT2D eigenvalue weighted by atomic mass is 10.0. The van der Waals surface area contributed by atoms with E-state index in [1.54, 1.807) is 29.1 Å². The van der Waals surface area contributed by atoms with E-state index in [-0.39, 0.29) is 11.4 Å². The molecular formula is C22H23F2N3O2. The maximum Gasteiger partial charge on any atom is 0.258 e. The molecule has 152 valence electrons. The van der Waals surface area contributed by atoms with Crippen molar-refractivity contribution in [1.82, 2.24) is 9.55 Å². The summed E-state index contributed by atoms with van der Waals surface area (Å²) in [5.41, 5.74) is 1.53. The van der Waals surface area contributed by atoms with Gasteiger partial charge >= 0.3 is 0 Å². The molecule has 0 bridgehead atoms. The molecule has 2 heterocycles. The first-order chi connectivity index (χ1) is 13.8. The van der Waals surface area contributed by atoms with Crippen molar-refractivity contribution in [1.29, 1.82) is 0 Å². The van der Waals surface area contributed by atoms with Crippen molar-refractivity contribution < 1.29 is 13.6 Å². The van der Waals surface area contributed by atoms with Crippen LogP contribution in [0.2, 0.25) is 0 Å². The maximum absolute atomic E-state index is 13.3. The first kappa shape index (κ1) is 20.6. The van der Waals surface area contributed by atoms with E-state index in [0.29, 0.717) is 11.9 Å². The van der Waals surface area contributed by atoms with Gasteiger partial charge in [-0.1, -0.05) is 26.0 Å². The minimum absolute atomic E-state index is 0.0418. The first-order valence-electron chi connectivity index (χ1n) is 9.60. The first-order valence-corrected chi connectivity index (χ1v) is 9.60. The molecule has 0 aliphatic carbocycles. The van der Waals surface area contributed by atoms with E-state index in [2.05, 4.69) is 10.3 Å². The fourth-order valence-electron chi connectivity index (χ4n) is 3.06. The predicted octanol–water partition coefficient (Wildman–Crippen LogP) is 4.85. The zero-order valence-electron chi connectivity index (χ0n) is 16.4. The second-order valence-electron chi connectivity index (χ2n) is 6.98. The van der Waals surface area contributed by atoms with Crippen LogP contribution in [0.3, 0.4) is 0 Å². The Morgan fingerprint density at radius 3 is 2.55 bits per heavy atom. The lowest BCUT2D eigenvalue weighted by molar-refractivity contribution is -0.123. The molecule has 1 amide bonds. The third kappa shape index (κ3) is 4.85. The molecule has 0 aliphatic rings. The van der Waals surface area contributed by atoms with Gasteiger partial charge in [0.2, 0.25) is 5.91 Å². The van der Waals surface area contributed by atoms with Crippen LogP contribution in [0.1, 0.15) is 33.1 Å². The molecule has 3 rings (SSSR count). The summed E-state index contributed by atoms with van der Waals surface area (Å²) in [7, 11) is 0. The largest absolute Gasteiger partial charge is 0.315 e.